The van der Waals surface area contributed by atoms with Crippen LogP contribution in [0.25, 0.3) is 0 Å². The average molecular weight is 313 g/mol. The number of hydrogen-bond donors (Lipinski definition) is 0. The van der Waals surface area contributed by atoms with Crippen molar-refractivity contribution in [1.82, 2.24) is 4.98 Å². The second-order valence-corrected chi connectivity index (χ2v) is 4.95. The van der Waals surface area contributed by atoms with Crippen LogP contribution < -0.4 is 4.74 Å². The summed E-state index contributed by atoms with van der Waals surface area (Å²) in [6, 6.07) is 9.41. The van der Waals surface area contributed by atoms with Gasteiger partial charge in [-0.15, -0.1) is 0 Å². The largest absolute Gasteiger partial charge is 0.484 e. The summed E-state index contributed by atoms with van der Waals surface area (Å²) in [5.41, 5.74) is 0.999. The summed E-state index contributed by atoms with van der Waals surface area (Å²) in [7, 11) is 0. The van der Waals surface area contributed by atoms with Gasteiger partial charge < -0.3 is 4.74 Å². The molecule has 0 radical (unpaired) electrons. The van der Waals surface area contributed by atoms with E-state index >= 15 is 0 Å². The van der Waals surface area contributed by atoms with Crippen LogP contribution in [-0.2, 0) is 0 Å². The highest BCUT2D eigenvalue weighted by molar-refractivity contribution is 9.10. The van der Waals surface area contributed by atoms with E-state index in [4.69, 9.17) is 16.3 Å². The predicted octanol–water partition coefficient (Wildman–Crippen LogP) is 4.64. The number of halogens is 2. The fraction of sp³-hybridized carbons (Fsp3) is 0.154. The smallest absolute Gasteiger partial charge is 0.138 e. The topological polar surface area (TPSA) is 22.1 Å². The number of aromatic nitrogens is 1. The van der Waals surface area contributed by atoms with Crippen LogP contribution in [0.2, 0.25) is 5.02 Å². The van der Waals surface area contributed by atoms with E-state index in [0.29, 0.717) is 10.8 Å². The summed E-state index contributed by atoms with van der Waals surface area (Å²) >= 11 is 9.42. The van der Waals surface area contributed by atoms with E-state index in [1.165, 1.54) is 0 Å². The van der Waals surface area contributed by atoms with Crippen molar-refractivity contribution in [2.24, 2.45) is 0 Å². The number of ether oxygens (including phenoxy) is 1. The minimum atomic E-state index is -0.0973. The maximum atomic E-state index is 6.04. The fourth-order valence-electron chi connectivity index (χ4n) is 1.45. The second-order valence-electron chi connectivity index (χ2n) is 3.63. The minimum absolute atomic E-state index is 0.0973. The van der Waals surface area contributed by atoms with Crippen LogP contribution in [0.4, 0.5) is 0 Å². The first-order chi connectivity index (χ1) is 8.16. The Kier molecular flexibility index (Phi) is 4.02. The minimum Gasteiger partial charge on any atom is -0.484 e. The van der Waals surface area contributed by atoms with Gasteiger partial charge in [-0.1, -0.05) is 23.7 Å². The summed E-state index contributed by atoms with van der Waals surface area (Å²) in [6.07, 6.45) is 3.43. The predicted molar refractivity (Wildman–Crippen MR) is 72.4 cm³/mol. The molecule has 1 aromatic heterocycles. The summed E-state index contributed by atoms with van der Waals surface area (Å²) in [5.74, 6) is 0.682. The standard InChI is InChI=1S/C13H11BrClNO/c1-9(10-6-11(14)8-16-7-10)17-13-5-3-2-4-12(13)15/h2-9H,1H3. The molecule has 2 nitrogen and oxygen atoms in total. The summed E-state index contributed by atoms with van der Waals surface area (Å²) in [5, 5.41) is 0.613. The van der Waals surface area contributed by atoms with Gasteiger partial charge in [-0.2, -0.15) is 0 Å². The fourth-order valence-corrected chi connectivity index (χ4v) is 2.01. The first kappa shape index (κ1) is 12.4. The van der Waals surface area contributed by atoms with Crippen molar-refractivity contribution in [3.8, 4) is 5.75 Å². The Bertz CT molecular complexity index is 518. The normalized spacial score (nSPS) is 12.2. The number of para-hydroxylation sites is 1. The lowest BCUT2D eigenvalue weighted by Gasteiger charge is -2.15. The molecule has 0 spiro atoms. The molecule has 17 heavy (non-hydrogen) atoms. The molecule has 1 unspecified atom stereocenters. The van der Waals surface area contributed by atoms with Gasteiger partial charge in [0.25, 0.3) is 0 Å². The van der Waals surface area contributed by atoms with Gasteiger partial charge in [0.05, 0.1) is 5.02 Å². The Morgan fingerprint density at radius 3 is 2.76 bits per heavy atom. The lowest BCUT2D eigenvalue weighted by atomic mass is 10.2. The van der Waals surface area contributed by atoms with E-state index in [0.717, 1.165) is 10.0 Å². The first-order valence-corrected chi connectivity index (χ1v) is 6.35. The van der Waals surface area contributed by atoms with Gasteiger partial charge in [0, 0.05) is 22.4 Å². The third-order valence-corrected chi connectivity index (χ3v) is 3.08. The molecular weight excluding hydrogens is 302 g/mol. The van der Waals surface area contributed by atoms with Crippen molar-refractivity contribution < 1.29 is 4.74 Å². The van der Waals surface area contributed by atoms with Gasteiger partial charge in [-0.3, -0.25) is 4.98 Å². The molecule has 2 aromatic rings. The molecule has 0 fully saturated rings. The van der Waals surface area contributed by atoms with E-state index < -0.39 is 0 Å². The monoisotopic (exact) mass is 311 g/mol. The molecular formula is C13H11BrClNO. The Morgan fingerprint density at radius 2 is 2.06 bits per heavy atom. The molecule has 0 bridgehead atoms. The van der Waals surface area contributed by atoms with Crippen molar-refractivity contribution in [1.29, 1.82) is 0 Å². The number of nitrogens with zero attached hydrogens (tertiary/aromatic N) is 1. The summed E-state index contributed by atoms with van der Waals surface area (Å²) in [6.45, 7) is 1.97. The zero-order valence-corrected chi connectivity index (χ0v) is 11.6. The number of benzene rings is 1. The third-order valence-electron chi connectivity index (χ3n) is 2.34. The van der Waals surface area contributed by atoms with Crippen molar-refractivity contribution >= 4 is 27.5 Å². The van der Waals surface area contributed by atoms with Crippen molar-refractivity contribution in [2.75, 3.05) is 0 Å². The lowest BCUT2D eigenvalue weighted by molar-refractivity contribution is 0.226. The van der Waals surface area contributed by atoms with Crippen molar-refractivity contribution in [2.45, 2.75) is 13.0 Å². The Labute approximate surface area is 114 Å². The molecule has 0 saturated carbocycles. The first-order valence-electron chi connectivity index (χ1n) is 5.18. The van der Waals surface area contributed by atoms with Gasteiger partial charge in [-0.05, 0) is 41.1 Å². The molecule has 0 aliphatic heterocycles. The molecule has 0 aliphatic rings. The maximum absolute atomic E-state index is 6.04. The number of hydrogen-bond acceptors (Lipinski definition) is 2. The van der Waals surface area contributed by atoms with Crippen LogP contribution in [0.5, 0.6) is 5.75 Å². The quantitative estimate of drug-likeness (QED) is 0.824. The van der Waals surface area contributed by atoms with Crippen LogP contribution in [0.1, 0.15) is 18.6 Å². The molecule has 1 atom stereocenters. The molecule has 0 N–H and O–H groups in total. The lowest BCUT2D eigenvalue weighted by Crippen LogP contribution is -2.03. The SMILES string of the molecule is CC(Oc1ccccc1Cl)c1cncc(Br)c1. The third kappa shape index (κ3) is 3.20. The Balaban J connectivity index is 2.17. The highest BCUT2D eigenvalue weighted by Crippen LogP contribution is 2.28. The maximum Gasteiger partial charge on any atom is 0.138 e. The van der Waals surface area contributed by atoms with E-state index in [2.05, 4.69) is 20.9 Å². The molecule has 4 heteroatoms. The summed E-state index contributed by atoms with van der Waals surface area (Å²) in [4.78, 5) is 4.11. The summed E-state index contributed by atoms with van der Waals surface area (Å²) < 4.78 is 6.73. The highest BCUT2D eigenvalue weighted by Gasteiger charge is 2.09. The van der Waals surface area contributed by atoms with Crippen LogP contribution >= 0.6 is 27.5 Å². The highest BCUT2D eigenvalue weighted by atomic mass is 79.9. The number of rotatable bonds is 3. The molecule has 0 amide bonds. The van der Waals surface area contributed by atoms with Crippen LogP contribution in [0, 0.1) is 0 Å². The molecule has 1 aromatic carbocycles. The van der Waals surface area contributed by atoms with Gasteiger partial charge in [0.2, 0.25) is 0 Å². The molecule has 0 aliphatic carbocycles. The zero-order chi connectivity index (χ0) is 12.3. The van der Waals surface area contributed by atoms with Gasteiger partial charge in [-0.25, -0.2) is 0 Å². The van der Waals surface area contributed by atoms with Gasteiger partial charge >= 0.3 is 0 Å². The Hall–Kier alpha value is -1.06. The van der Waals surface area contributed by atoms with Crippen LogP contribution in [0.3, 0.4) is 0 Å². The molecule has 1 heterocycles. The van der Waals surface area contributed by atoms with E-state index in [-0.39, 0.29) is 6.10 Å². The van der Waals surface area contributed by atoms with E-state index in [1.807, 2.05) is 37.3 Å². The second kappa shape index (κ2) is 5.52. The van der Waals surface area contributed by atoms with E-state index in [9.17, 15) is 0 Å². The number of pyridine rings is 1. The molecule has 0 saturated heterocycles. The Morgan fingerprint density at radius 1 is 1.29 bits per heavy atom. The van der Waals surface area contributed by atoms with Crippen LogP contribution in [-0.4, -0.2) is 4.98 Å². The molecule has 2 rings (SSSR count). The van der Waals surface area contributed by atoms with Crippen molar-refractivity contribution in [3.63, 3.8) is 0 Å². The van der Waals surface area contributed by atoms with Gasteiger partial charge in [0.15, 0.2) is 0 Å². The average Bonchev–Trinajstić information content (AvgIpc) is 2.32. The zero-order valence-electron chi connectivity index (χ0n) is 9.23. The van der Waals surface area contributed by atoms with E-state index in [1.54, 1.807) is 12.4 Å². The van der Waals surface area contributed by atoms with Crippen LogP contribution in [0.15, 0.2) is 47.2 Å². The van der Waals surface area contributed by atoms with Crippen molar-refractivity contribution in [3.05, 3.63) is 57.8 Å². The molecule has 88 valence electrons. The van der Waals surface area contributed by atoms with Gasteiger partial charge in [0.1, 0.15) is 11.9 Å².